The van der Waals surface area contributed by atoms with Gasteiger partial charge in [0.2, 0.25) is 0 Å². The van der Waals surface area contributed by atoms with Gasteiger partial charge in [0.05, 0.1) is 7.11 Å². The maximum absolute atomic E-state index is 10.6. The maximum atomic E-state index is 10.6. The molecule has 0 aliphatic rings. The quantitative estimate of drug-likeness (QED) is 0.497. The molecule has 6 heteroatoms. The molecular formula is C7H6BrNaO3S. The molecule has 13 heavy (non-hydrogen) atoms. The summed E-state index contributed by atoms with van der Waals surface area (Å²) in [5.41, 5.74) is 0. The standard InChI is InChI=1S/C7H7BrO3S.Na/c1-11-5-2-3-7(12(9)10)6(8)4-5;/h2-4H,1H3,(H,9,10);/q;+1/p-1. The number of rotatable bonds is 2. The second-order valence-electron chi connectivity index (χ2n) is 2.03. The molecule has 1 aromatic rings. The van der Waals surface area contributed by atoms with E-state index in [4.69, 9.17) is 4.74 Å². The van der Waals surface area contributed by atoms with E-state index in [1.807, 2.05) is 0 Å². The largest absolute Gasteiger partial charge is 1.00 e. The molecule has 0 heterocycles. The Bertz CT molecular complexity index is 319. The van der Waals surface area contributed by atoms with E-state index in [0.717, 1.165) is 0 Å². The van der Waals surface area contributed by atoms with E-state index in [1.165, 1.54) is 13.2 Å². The first-order valence-corrected chi connectivity index (χ1v) is 4.94. The van der Waals surface area contributed by atoms with Crippen molar-refractivity contribution in [3.63, 3.8) is 0 Å². The van der Waals surface area contributed by atoms with Crippen molar-refractivity contribution in [3.8, 4) is 5.75 Å². The summed E-state index contributed by atoms with van der Waals surface area (Å²) in [6.07, 6.45) is 0. The molecule has 0 saturated heterocycles. The Morgan fingerprint density at radius 1 is 1.54 bits per heavy atom. The van der Waals surface area contributed by atoms with Gasteiger partial charge in [0.15, 0.2) is 0 Å². The number of hydrogen-bond acceptors (Lipinski definition) is 3. The third-order valence-electron chi connectivity index (χ3n) is 1.32. The Morgan fingerprint density at radius 3 is 2.54 bits per heavy atom. The molecule has 0 spiro atoms. The molecular weight excluding hydrogens is 267 g/mol. The Labute approximate surface area is 110 Å². The van der Waals surface area contributed by atoms with Gasteiger partial charge in [0, 0.05) is 9.37 Å². The van der Waals surface area contributed by atoms with Crippen LogP contribution in [0, 0.1) is 0 Å². The fourth-order valence-electron chi connectivity index (χ4n) is 0.744. The van der Waals surface area contributed by atoms with E-state index in [9.17, 15) is 8.76 Å². The topological polar surface area (TPSA) is 49.4 Å². The van der Waals surface area contributed by atoms with Gasteiger partial charge in [-0.2, -0.15) is 0 Å². The normalized spacial score (nSPS) is 11.6. The fraction of sp³-hybridized carbons (Fsp3) is 0.143. The second kappa shape index (κ2) is 6.16. The van der Waals surface area contributed by atoms with Crippen LogP contribution in [0.3, 0.4) is 0 Å². The van der Waals surface area contributed by atoms with Crippen LogP contribution in [0.2, 0.25) is 0 Å². The van der Waals surface area contributed by atoms with Gasteiger partial charge in [-0.25, -0.2) is 0 Å². The van der Waals surface area contributed by atoms with Crippen LogP contribution in [0.15, 0.2) is 27.6 Å². The van der Waals surface area contributed by atoms with Gasteiger partial charge in [-0.15, -0.1) is 0 Å². The Morgan fingerprint density at radius 2 is 2.15 bits per heavy atom. The summed E-state index contributed by atoms with van der Waals surface area (Å²) in [6, 6.07) is 4.67. The predicted molar refractivity (Wildman–Crippen MR) is 47.9 cm³/mol. The summed E-state index contributed by atoms with van der Waals surface area (Å²) < 4.78 is 26.5. The van der Waals surface area contributed by atoms with E-state index < -0.39 is 11.1 Å². The molecule has 3 nitrogen and oxygen atoms in total. The molecule has 0 bridgehead atoms. The van der Waals surface area contributed by atoms with E-state index in [2.05, 4.69) is 15.9 Å². The van der Waals surface area contributed by atoms with Crippen LogP contribution >= 0.6 is 15.9 Å². The van der Waals surface area contributed by atoms with Crippen LogP contribution in [0.25, 0.3) is 0 Å². The molecule has 1 atom stereocenters. The zero-order chi connectivity index (χ0) is 9.14. The van der Waals surface area contributed by atoms with Gasteiger partial charge in [0.1, 0.15) is 5.75 Å². The van der Waals surface area contributed by atoms with Crippen molar-refractivity contribution in [1.29, 1.82) is 0 Å². The first-order valence-electron chi connectivity index (χ1n) is 3.08. The minimum atomic E-state index is -2.20. The molecule has 0 aliphatic heterocycles. The van der Waals surface area contributed by atoms with Gasteiger partial charge in [-0.05, 0) is 45.2 Å². The summed E-state index contributed by atoms with van der Waals surface area (Å²) in [5.74, 6) is 0.621. The minimum Gasteiger partial charge on any atom is -0.768 e. The SMILES string of the molecule is COc1ccc(S(=O)[O-])c(Br)c1.[Na+]. The first-order chi connectivity index (χ1) is 5.65. The summed E-state index contributed by atoms with van der Waals surface area (Å²) in [7, 11) is 1.52. The van der Waals surface area contributed by atoms with E-state index in [0.29, 0.717) is 10.2 Å². The number of ether oxygens (including phenoxy) is 1. The van der Waals surface area contributed by atoms with Crippen molar-refractivity contribution in [1.82, 2.24) is 0 Å². The van der Waals surface area contributed by atoms with Gasteiger partial charge in [0.25, 0.3) is 0 Å². The van der Waals surface area contributed by atoms with E-state index >= 15 is 0 Å². The molecule has 1 unspecified atom stereocenters. The molecule has 0 saturated carbocycles. The van der Waals surface area contributed by atoms with Gasteiger partial charge in [-0.3, -0.25) is 4.21 Å². The van der Waals surface area contributed by atoms with Crippen LogP contribution in [-0.4, -0.2) is 15.9 Å². The molecule has 1 rings (SSSR count). The average Bonchev–Trinajstić information content (AvgIpc) is 2.03. The van der Waals surface area contributed by atoms with Crippen molar-refractivity contribution < 1.29 is 43.1 Å². The summed E-state index contributed by atoms with van der Waals surface area (Å²) in [5, 5.41) is 0. The molecule has 0 aliphatic carbocycles. The third kappa shape index (κ3) is 3.69. The molecule has 0 aromatic heterocycles. The van der Waals surface area contributed by atoms with Crippen LogP contribution < -0.4 is 34.3 Å². The van der Waals surface area contributed by atoms with E-state index in [-0.39, 0.29) is 34.5 Å². The van der Waals surface area contributed by atoms with E-state index in [1.54, 1.807) is 12.1 Å². The van der Waals surface area contributed by atoms with Crippen molar-refractivity contribution >= 4 is 27.0 Å². The van der Waals surface area contributed by atoms with Crippen molar-refractivity contribution in [3.05, 3.63) is 22.7 Å². The summed E-state index contributed by atoms with van der Waals surface area (Å²) in [6.45, 7) is 0. The van der Waals surface area contributed by atoms with Crippen LogP contribution in [0.5, 0.6) is 5.75 Å². The maximum Gasteiger partial charge on any atom is 1.00 e. The average molecular weight is 273 g/mol. The van der Waals surface area contributed by atoms with Crippen LogP contribution in [0.4, 0.5) is 0 Å². The smallest absolute Gasteiger partial charge is 0.768 e. The monoisotopic (exact) mass is 272 g/mol. The van der Waals surface area contributed by atoms with Crippen molar-refractivity contribution in [2.24, 2.45) is 0 Å². The zero-order valence-corrected chi connectivity index (χ0v) is 11.6. The Hall–Kier alpha value is 0.610. The molecule has 0 N–H and O–H groups in total. The fourth-order valence-corrected chi connectivity index (χ4v) is 1.90. The van der Waals surface area contributed by atoms with Crippen LogP contribution in [0.1, 0.15) is 0 Å². The molecule has 0 radical (unpaired) electrons. The number of halogens is 1. The molecule has 1 aromatic carbocycles. The third-order valence-corrected chi connectivity index (χ3v) is 2.95. The van der Waals surface area contributed by atoms with Gasteiger partial charge >= 0.3 is 29.6 Å². The molecule has 66 valence electrons. The number of methoxy groups -OCH3 is 1. The molecule has 0 fully saturated rings. The first kappa shape index (κ1) is 13.6. The number of hydrogen-bond donors (Lipinski definition) is 0. The summed E-state index contributed by atoms with van der Waals surface area (Å²) in [4.78, 5) is 0.232. The zero-order valence-electron chi connectivity index (χ0n) is 7.24. The molecule has 0 amide bonds. The second-order valence-corrected chi connectivity index (χ2v) is 3.79. The van der Waals surface area contributed by atoms with Crippen molar-refractivity contribution in [2.45, 2.75) is 4.90 Å². The van der Waals surface area contributed by atoms with Crippen molar-refractivity contribution in [2.75, 3.05) is 7.11 Å². The van der Waals surface area contributed by atoms with Gasteiger partial charge < -0.3 is 9.29 Å². The minimum absolute atomic E-state index is 0. The summed E-state index contributed by atoms with van der Waals surface area (Å²) >= 11 is 0.912. The number of benzene rings is 1. The Kier molecular flexibility index (Phi) is 6.45. The van der Waals surface area contributed by atoms with Crippen LogP contribution in [-0.2, 0) is 11.1 Å². The van der Waals surface area contributed by atoms with Gasteiger partial charge in [-0.1, -0.05) is 0 Å². The Balaban J connectivity index is 0.00000144. The predicted octanol–water partition coefficient (Wildman–Crippen LogP) is -1.30.